The number of carbonyl (C=O) groups is 1. The molecule has 0 aliphatic carbocycles. The van der Waals surface area contributed by atoms with Crippen LogP contribution in [0.2, 0.25) is 0 Å². The van der Waals surface area contributed by atoms with E-state index in [2.05, 4.69) is 20.2 Å². The first-order valence-electron chi connectivity index (χ1n) is 10.6. The summed E-state index contributed by atoms with van der Waals surface area (Å²) >= 11 is 0. The van der Waals surface area contributed by atoms with Crippen molar-refractivity contribution >= 4 is 5.91 Å². The number of hydrogen-bond donors (Lipinski definition) is 0. The van der Waals surface area contributed by atoms with Gasteiger partial charge in [0.25, 0.3) is 5.91 Å². The van der Waals surface area contributed by atoms with Crippen molar-refractivity contribution in [1.82, 2.24) is 29.9 Å². The normalized spacial score (nSPS) is 13.4. The van der Waals surface area contributed by atoms with Gasteiger partial charge in [0, 0.05) is 6.54 Å². The zero-order valence-corrected chi connectivity index (χ0v) is 18.5. The van der Waals surface area contributed by atoms with E-state index in [1.54, 1.807) is 29.2 Å². The van der Waals surface area contributed by atoms with E-state index in [1.807, 2.05) is 20.8 Å². The zero-order chi connectivity index (χ0) is 24.0. The summed E-state index contributed by atoms with van der Waals surface area (Å²) in [6.07, 6.45) is 0.638. The first-order chi connectivity index (χ1) is 15.8. The van der Waals surface area contributed by atoms with Crippen molar-refractivity contribution in [1.29, 1.82) is 0 Å². The largest absolute Gasteiger partial charge is 0.471 e. The fraction of sp³-hybridized carbons (Fsp3) is 0.409. The average Bonchev–Trinajstić information content (AvgIpc) is 3.35. The Kier molecular flexibility index (Phi) is 7.62. The molecule has 0 bridgehead atoms. The standard InChI is InChI=1S/C22H25F3N6O2/c1-4-16(18(5-2)33-20-14-26-19(13-27-20)22(23,24)25)30(6-3)21(32)15-9-7-8-10-17(15)31-28-11-12-29-31/h7-14,16,18H,4-6H2,1-3H3. The van der Waals surface area contributed by atoms with E-state index in [4.69, 9.17) is 4.74 Å². The van der Waals surface area contributed by atoms with Gasteiger partial charge in [0.15, 0.2) is 5.69 Å². The highest BCUT2D eigenvalue weighted by atomic mass is 19.4. The Morgan fingerprint density at radius 3 is 2.30 bits per heavy atom. The average molecular weight is 462 g/mol. The molecule has 1 aromatic carbocycles. The van der Waals surface area contributed by atoms with Crippen molar-refractivity contribution in [2.75, 3.05) is 6.54 Å². The summed E-state index contributed by atoms with van der Waals surface area (Å²) in [7, 11) is 0. The summed E-state index contributed by atoms with van der Waals surface area (Å²) in [5, 5.41) is 8.25. The first-order valence-corrected chi connectivity index (χ1v) is 10.6. The highest BCUT2D eigenvalue weighted by Gasteiger charge is 2.34. The number of alkyl halides is 3. The second-order valence-corrected chi connectivity index (χ2v) is 7.20. The van der Waals surface area contributed by atoms with Crippen LogP contribution < -0.4 is 4.74 Å². The number of benzene rings is 1. The number of amides is 1. The number of halogens is 3. The highest BCUT2D eigenvalue weighted by molar-refractivity contribution is 5.98. The van der Waals surface area contributed by atoms with Crippen molar-refractivity contribution in [2.45, 2.75) is 51.9 Å². The van der Waals surface area contributed by atoms with Crippen LogP contribution in [0.3, 0.4) is 0 Å². The Labute approximate surface area is 189 Å². The number of rotatable bonds is 9. The maximum Gasteiger partial charge on any atom is 0.434 e. The molecule has 2 heterocycles. The summed E-state index contributed by atoms with van der Waals surface area (Å²) < 4.78 is 44.2. The van der Waals surface area contributed by atoms with Crippen LogP contribution >= 0.6 is 0 Å². The molecule has 8 nitrogen and oxygen atoms in total. The maximum absolute atomic E-state index is 13.6. The second-order valence-electron chi connectivity index (χ2n) is 7.20. The third-order valence-electron chi connectivity index (χ3n) is 5.21. The molecule has 3 aromatic rings. The minimum atomic E-state index is -4.58. The third-order valence-corrected chi connectivity index (χ3v) is 5.21. The van der Waals surface area contributed by atoms with Crippen LogP contribution in [0.5, 0.6) is 5.88 Å². The van der Waals surface area contributed by atoms with Gasteiger partial charge in [-0.05, 0) is 31.9 Å². The van der Waals surface area contributed by atoms with Crippen LogP contribution in [0.4, 0.5) is 13.2 Å². The molecule has 2 atom stereocenters. The lowest BCUT2D eigenvalue weighted by Crippen LogP contribution is -2.48. The quantitative estimate of drug-likeness (QED) is 0.474. The van der Waals surface area contributed by atoms with Crippen molar-refractivity contribution in [2.24, 2.45) is 0 Å². The summed E-state index contributed by atoms with van der Waals surface area (Å²) in [5.74, 6) is -0.254. The fourth-order valence-electron chi connectivity index (χ4n) is 3.65. The van der Waals surface area contributed by atoms with Gasteiger partial charge in [-0.1, -0.05) is 26.0 Å². The molecule has 0 spiro atoms. The number of aromatic nitrogens is 5. The van der Waals surface area contributed by atoms with Crippen molar-refractivity contribution in [3.8, 4) is 11.6 Å². The van der Waals surface area contributed by atoms with Crippen molar-refractivity contribution in [3.63, 3.8) is 0 Å². The van der Waals surface area contributed by atoms with Crippen LogP contribution in [0.25, 0.3) is 5.69 Å². The predicted octanol–water partition coefficient (Wildman–Crippen LogP) is 4.17. The monoisotopic (exact) mass is 462 g/mol. The van der Waals surface area contributed by atoms with Crippen LogP contribution in [0.1, 0.15) is 49.7 Å². The number of carbonyl (C=O) groups excluding carboxylic acids is 1. The molecular formula is C22H25F3N6O2. The molecule has 11 heteroatoms. The van der Waals surface area contributed by atoms with Crippen LogP contribution in [-0.4, -0.2) is 54.5 Å². The third kappa shape index (κ3) is 5.47. The van der Waals surface area contributed by atoms with Gasteiger partial charge in [-0.25, -0.2) is 9.97 Å². The summed E-state index contributed by atoms with van der Waals surface area (Å²) in [6, 6.07) is 6.67. The van der Waals surface area contributed by atoms with Crippen LogP contribution in [-0.2, 0) is 6.18 Å². The lowest BCUT2D eigenvalue weighted by Gasteiger charge is -2.35. The Morgan fingerprint density at radius 1 is 1.06 bits per heavy atom. The number of nitrogens with zero attached hydrogens (tertiary/aromatic N) is 6. The van der Waals surface area contributed by atoms with Gasteiger partial charge in [0.2, 0.25) is 5.88 Å². The lowest BCUT2D eigenvalue weighted by molar-refractivity contribution is -0.141. The molecule has 0 aliphatic rings. The second kappa shape index (κ2) is 10.4. The van der Waals surface area contributed by atoms with E-state index in [-0.39, 0.29) is 17.8 Å². The van der Waals surface area contributed by atoms with Gasteiger partial charge >= 0.3 is 6.18 Å². The van der Waals surface area contributed by atoms with E-state index in [0.717, 1.165) is 6.20 Å². The first kappa shape index (κ1) is 24.1. The number of para-hydroxylation sites is 1. The predicted molar refractivity (Wildman–Crippen MR) is 114 cm³/mol. The number of likely N-dealkylation sites (N-methyl/N-ethyl adjacent to an activating group) is 1. The molecule has 3 rings (SSSR count). The van der Waals surface area contributed by atoms with Gasteiger partial charge < -0.3 is 9.64 Å². The van der Waals surface area contributed by atoms with E-state index in [1.165, 1.54) is 17.2 Å². The minimum absolute atomic E-state index is 0.0297. The fourth-order valence-corrected chi connectivity index (χ4v) is 3.65. The number of hydrogen-bond acceptors (Lipinski definition) is 6. The number of ether oxygens (including phenoxy) is 1. The van der Waals surface area contributed by atoms with Gasteiger partial charge in [-0.3, -0.25) is 4.79 Å². The molecule has 1 amide bonds. The Hall–Kier alpha value is -3.50. The molecule has 0 radical (unpaired) electrons. The molecule has 0 aliphatic heterocycles. The SMILES string of the molecule is CCC(Oc1cnc(C(F)(F)F)cn1)C(CC)N(CC)C(=O)c1ccccc1-n1nccn1. The van der Waals surface area contributed by atoms with Gasteiger partial charge in [0.1, 0.15) is 6.10 Å². The highest BCUT2D eigenvalue weighted by Crippen LogP contribution is 2.28. The lowest BCUT2D eigenvalue weighted by atomic mass is 10.0. The maximum atomic E-state index is 13.6. The van der Waals surface area contributed by atoms with Crippen molar-refractivity contribution < 1.29 is 22.7 Å². The molecule has 0 saturated carbocycles. The summed E-state index contributed by atoms with van der Waals surface area (Å²) in [4.78, 5) is 23.8. The molecule has 0 saturated heterocycles. The molecular weight excluding hydrogens is 437 g/mol. The van der Waals surface area contributed by atoms with Crippen LogP contribution in [0, 0.1) is 0 Å². The molecule has 0 N–H and O–H groups in total. The molecule has 2 unspecified atom stereocenters. The van der Waals surface area contributed by atoms with Gasteiger partial charge in [-0.2, -0.15) is 28.2 Å². The van der Waals surface area contributed by atoms with Crippen molar-refractivity contribution in [3.05, 3.63) is 60.3 Å². The smallest absolute Gasteiger partial charge is 0.434 e. The van der Waals surface area contributed by atoms with E-state index >= 15 is 0 Å². The Bertz CT molecular complexity index is 1040. The Morgan fingerprint density at radius 2 is 1.76 bits per heavy atom. The molecule has 0 fully saturated rings. The minimum Gasteiger partial charge on any atom is -0.471 e. The van der Waals surface area contributed by atoms with E-state index in [9.17, 15) is 18.0 Å². The summed E-state index contributed by atoms with van der Waals surface area (Å²) in [6.45, 7) is 6.06. The molecule has 176 valence electrons. The zero-order valence-electron chi connectivity index (χ0n) is 18.5. The molecule has 33 heavy (non-hydrogen) atoms. The summed E-state index contributed by atoms with van der Waals surface area (Å²) in [5.41, 5.74) is -0.120. The van der Waals surface area contributed by atoms with E-state index < -0.39 is 18.0 Å². The van der Waals surface area contributed by atoms with Gasteiger partial charge in [0.05, 0.1) is 42.1 Å². The topological polar surface area (TPSA) is 86.0 Å². The van der Waals surface area contributed by atoms with Crippen LogP contribution in [0.15, 0.2) is 49.1 Å². The molecule has 2 aromatic heterocycles. The van der Waals surface area contributed by atoms with Gasteiger partial charge in [-0.15, -0.1) is 0 Å². The Balaban J connectivity index is 1.86. The van der Waals surface area contributed by atoms with E-state index in [0.29, 0.717) is 36.8 Å².